The maximum Gasteiger partial charge on any atom is 0.228 e. The van der Waals surface area contributed by atoms with Crippen molar-refractivity contribution < 1.29 is 9.21 Å². The number of halogens is 1. The molecule has 3 nitrogen and oxygen atoms in total. The fraction of sp³-hybridized carbons (Fsp3) is 0.0625. The summed E-state index contributed by atoms with van der Waals surface area (Å²) in [6, 6.07) is 14.3. The first-order valence-corrected chi connectivity index (χ1v) is 6.58. The molecule has 0 aliphatic carbocycles. The van der Waals surface area contributed by atoms with Gasteiger partial charge in [-0.3, -0.25) is 4.79 Å². The molecule has 3 aromatic rings. The van der Waals surface area contributed by atoms with Crippen molar-refractivity contribution >= 4 is 28.4 Å². The van der Waals surface area contributed by atoms with Crippen LogP contribution >= 0.6 is 11.6 Å². The van der Waals surface area contributed by atoms with Crippen LogP contribution in [0.5, 0.6) is 0 Å². The molecule has 0 saturated carbocycles. The summed E-state index contributed by atoms with van der Waals surface area (Å²) in [6.07, 6.45) is 0. The molecule has 20 heavy (non-hydrogen) atoms. The number of hydrogen-bond donors (Lipinski definition) is 1. The molecule has 100 valence electrons. The quantitative estimate of drug-likeness (QED) is 0.745. The third kappa shape index (κ3) is 2.22. The van der Waals surface area contributed by atoms with Crippen LogP contribution < -0.4 is 5.73 Å². The van der Waals surface area contributed by atoms with Crippen LogP contribution in [0.25, 0.3) is 11.0 Å². The number of nitrogens with two attached hydrogens (primary N) is 1. The number of furan rings is 1. The zero-order chi connectivity index (χ0) is 14.1. The van der Waals surface area contributed by atoms with Crippen LogP contribution in [0.3, 0.4) is 0 Å². The van der Waals surface area contributed by atoms with Crippen molar-refractivity contribution in [2.75, 3.05) is 0 Å². The molecule has 0 fully saturated rings. The normalized spacial score (nSPS) is 10.9. The van der Waals surface area contributed by atoms with Gasteiger partial charge in [-0.15, -0.1) is 0 Å². The Morgan fingerprint density at radius 3 is 2.55 bits per heavy atom. The highest BCUT2D eigenvalue weighted by Gasteiger charge is 2.15. The van der Waals surface area contributed by atoms with E-state index in [1.54, 1.807) is 24.3 Å². The predicted octanol–water partition coefficient (Wildman–Crippen LogP) is 3.78. The predicted molar refractivity (Wildman–Crippen MR) is 79.0 cm³/mol. The van der Waals surface area contributed by atoms with Crippen molar-refractivity contribution in [1.29, 1.82) is 0 Å². The fourth-order valence-corrected chi connectivity index (χ4v) is 2.29. The van der Waals surface area contributed by atoms with Crippen molar-refractivity contribution in [3.05, 3.63) is 70.4 Å². The van der Waals surface area contributed by atoms with Gasteiger partial charge in [0, 0.05) is 17.5 Å². The molecular formula is C16H12ClNO2. The summed E-state index contributed by atoms with van der Waals surface area (Å²) in [6.45, 7) is 0.453. The number of carbonyl (C=O) groups is 1. The number of rotatable bonds is 3. The lowest BCUT2D eigenvalue weighted by Crippen LogP contribution is -2.01. The Kier molecular flexibility index (Phi) is 3.30. The van der Waals surface area contributed by atoms with Crippen LogP contribution in [0.15, 0.2) is 52.9 Å². The molecule has 0 aliphatic heterocycles. The van der Waals surface area contributed by atoms with Crippen LogP contribution in [-0.2, 0) is 6.54 Å². The van der Waals surface area contributed by atoms with Gasteiger partial charge in [-0.05, 0) is 17.7 Å². The lowest BCUT2D eigenvalue weighted by Gasteiger charge is -1.99. The molecule has 2 aromatic carbocycles. The van der Waals surface area contributed by atoms with E-state index < -0.39 is 0 Å². The zero-order valence-electron chi connectivity index (χ0n) is 10.6. The second-order valence-electron chi connectivity index (χ2n) is 4.50. The van der Waals surface area contributed by atoms with Gasteiger partial charge >= 0.3 is 0 Å². The smallest absolute Gasteiger partial charge is 0.228 e. The van der Waals surface area contributed by atoms with Gasteiger partial charge in [0.05, 0.1) is 5.02 Å². The molecule has 2 N–H and O–H groups in total. The molecule has 1 heterocycles. The van der Waals surface area contributed by atoms with Crippen molar-refractivity contribution in [3.8, 4) is 0 Å². The minimum absolute atomic E-state index is 0.166. The molecule has 0 amide bonds. The minimum Gasteiger partial charge on any atom is -0.451 e. The standard InChI is InChI=1S/C16H12ClNO2/c17-13-3-1-2-12-8-14(20-16(12)13)15(19)11-6-4-10(9-18)5-7-11/h1-8H,9,18H2. The first-order chi connectivity index (χ1) is 9.69. The summed E-state index contributed by atoms with van der Waals surface area (Å²) < 4.78 is 5.57. The minimum atomic E-state index is -0.166. The maximum atomic E-state index is 12.4. The number of para-hydroxylation sites is 1. The van der Waals surface area contributed by atoms with Crippen LogP contribution in [-0.4, -0.2) is 5.78 Å². The van der Waals surface area contributed by atoms with Crippen molar-refractivity contribution in [3.63, 3.8) is 0 Å². The van der Waals surface area contributed by atoms with Gasteiger partial charge in [0.2, 0.25) is 5.78 Å². The summed E-state index contributed by atoms with van der Waals surface area (Å²) in [4.78, 5) is 12.4. The van der Waals surface area contributed by atoms with Gasteiger partial charge in [-0.1, -0.05) is 48.0 Å². The summed E-state index contributed by atoms with van der Waals surface area (Å²) in [5, 5.41) is 1.32. The Bertz CT molecular complexity index is 775. The number of carbonyl (C=O) groups excluding carboxylic acids is 1. The Hall–Kier alpha value is -2.10. The van der Waals surface area contributed by atoms with Crippen molar-refractivity contribution in [2.45, 2.75) is 6.54 Å². The van der Waals surface area contributed by atoms with Crippen molar-refractivity contribution in [1.82, 2.24) is 0 Å². The zero-order valence-corrected chi connectivity index (χ0v) is 11.4. The molecule has 4 heteroatoms. The molecule has 3 rings (SSSR count). The molecule has 0 saturated heterocycles. The van der Waals surface area contributed by atoms with E-state index in [0.29, 0.717) is 22.7 Å². The van der Waals surface area contributed by atoms with Crippen LogP contribution in [0.1, 0.15) is 21.7 Å². The van der Waals surface area contributed by atoms with Gasteiger partial charge < -0.3 is 10.2 Å². The average Bonchev–Trinajstić information content (AvgIpc) is 2.92. The highest BCUT2D eigenvalue weighted by molar-refractivity contribution is 6.35. The Balaban J connectivity index is 2.01. The summed E-state index contributed by atoms with van der Waals surface area (Å²) in [5.74, 6) is 0.120. The van der Waals surface area contributed by atoms with Gasteiger partial charge in [0.25, 0.3) is 0 Å². The van der Waals surface area contributed by atoms with Crippen LogP contribution in [0.2, 0.25) is 5.02 Å². The Morgan fingerprint density at radius 1 is 1.15 bits per heavy atom. The van der Waals surface area contributed by atoms with E-state index in [0.717, 1.165) is 10.9 Å². The highest BCUT2D eigenvalue weighted by Crippen LogP contribution is 2.27. The van der Waals surface area contributed by atoms with Gasteiger partial charge in [0.1, 0.15) is 0 Å². The summed E-state index contributed by atoms with van der Waals surface area (Å²) in [7, 11) is 0. The molecule has 0 unspecified atom stereocenters. The van der Waals surface area contributed by atoms with E-state index >= 15 is 0 Å². The van der Waals surface area contributed by atoms with Crippen LogP contribution in [0.4, 0.5) is 0 Å². The maximum absolute atomic E-state index is 12.4. The third-order valence-electron chi connectivity index (χ3n) is 3.17. The Labute approximate surface area is 120 Å². The summed E-state index contributed by atoms with van der Waals surface area (Å²) in [5.41, 5.74) is 7.62. The summed E-state index contributed by atoms with van der Waals surface area (Å²) >= 11 is 6.04. The van der Waals surface area contributed by atoms with E-state index in [1.807, 2.05) is 24.3 Å². The topological polar surface area (TPSA) is 56.2 Å². The largest absolute Gasteiger partial charge is 0.451 e. The number of ketones is 1. The van der Waals surface area contributed by atoms with E-state index in [2.05, 4.69) is 0 Å². The molecule has 0 radical (unpaired) electrons. The highest BCUT2D eigenvalue weighted by atomic mass is 35.5. The lowest BCUT2D eigenvalue weighted by molar-refractivity contribution is 0.101. The van der Waals surface area contributed by atoms with E-state index in [9.17, 15) is 4.79 Å². The van der Waals surface area contributed by atoms with Crippen molar-refractivity contribution in [2.24, 2.45) is 5.73 Å². The van der Waals surface area contributed by atoms with Gasteiger partial charge in [-0.25, -0.2) is 0 Å². The second-order valence-corrected chi connectivity index (χ2v) is 4.91. The first kappa shape index (κ1) is 12.9. The van der Waals surface area contributed by atoms with Gasteiger partial charge in [-0.2, -0.15) is 0 Å². The molecule has 0 aliphatic rings. The fourth-order valence-electron chi connectivity index (χ4n) is 2.07. The Morgan fingerprint density at radius 2 is 1.90 bits per heavy atom. The molecule has 0 atom stereocenters. The van der Waals surface area contributed by atoms with E-state index in [4.69, 9.17) is 21.8 Å². The first-order valence-electron chi connectivity index (χ1n) is 6.21. The molecule has 0 bridgehead atoms. The van der Waals surface area contributed by atoms with E-state index in [-0.39, 0.29) is 11.5 Å². The molecule has 1 aromatic heterocycles. The number of fused-ring (bicyclic) bond motifs is 1. The average molecular weight is 286 g/mol. The number of hydrogen-bond acceptors (Lipinski definition) is 3. The SMILES string of the molecule is NCc1ccc(C(=O)c2cc3cccc(Cl)c3o2)cc1. The molecule has 0 spiro atoms. The third-order valence-corrected chi connectivity index (χ3v) is 3.47. The van der Waals surface area contributed by atoms with Gasteiger partial charge in [0.15, 0.2) is 11.3 Å². The second kappa shape index (κ2) is 5.12. The van der Waals surface area contributed by atoms with E-state index in [1.165, 1.54) is 0 Å². The molecular weight excluding hydrogens is 274 g/mol. The number of benzene rings is 2. The monoisotopic (exact) mass is 285 g/mol. The van der Waals surface area contributed by atoms with Crippen LogP contribution in [0, 0.1) is 0 Å². The lowest BCUT2D eigenvalue weighted by atomic mass is 10.1.